The molecule has 8 aromatic rings. The van der Waals surface area contributed by atoms with Crippen LogP contribution in [0.15, 0.2) is 152 Å². The Bertz CT molecular complexity index is 2180. The van der Waals surface area contributed by atoms with Gasteiger partial charge in [0.2, 0.25) is 0 Å². The molecular weight excluding hydrogens is 498 g/mol. The standard InChI is InChI=1S/C38H25N3/c1-4-12-26(13-5-1)37-33-23-21-28(24-34(33)39-38(40-37)27-14-6-2-7-15-27)29-20-22-32-31-18-10-11-19-35(31)41(36(32)25-29)30-16-8-3-9-17-30/h1-25H. The maximum Gasteiger partial charge on any atom is 0.160 e. The van der Waals surface area contributed by atoms with Gasteiger partial charge in [0, 0.05) is 33.0 Å². The minimum atomic E-state index is 0.730. The molecule has 0 unspecified atom stereocenters. The predicted octanol–water partition coefficient (Wildman–Crippen LogP) is 9.73. The molecule has 41 heavy (non-hydrogen) atoms. The highest BCUT2D eigenvalue weighted by molar-refractivity contribution is 6.10. The molecule has 0 aliphatic carbocycles. The van der Waals surface area contributed by atoms with Gasteiger partial charge in [-0.3, -0.25) is 0 Å². The lowest BCUT2D eigenvalue weighted by molar-refractivity contribution is 1.18. The van der Waals surface area contributed by atoms with E-state index >= 15 is 0 Å². The number of benzene rings is 6. The first-order chi connectivity index (χ1) is 20.3. The summed E-state index contributed by atoms with van der Waals surface area (Å²) in [5.74, 6) is 0.730. The van der Waals surface area contributed by atoms with Gasteiger partial charge in [0.1, 0.15) is 0 Å². The van der Waals surface area contributed by atoms with E-state index in [-0.39, 0.29) is 0 Å². The van der Waals surface area contributed by atoms with Crippen molar-refractivity contribution in [3.63, 3.8) is 0 Å². The highest BCUT2D eigenvalue weighted by Crippen LogP contribution is 2.36. The lowest BCUT2D eigenvalue weighted by Crippen LogP contribution is -1.96. The zero-order valence-corrected chi connectivity index (χ0v) is 22.3. The molecule has 0 aliphatic heterocycles. The molecule has 0 bridgehead atoms. The summed E-state index contributed by atoms with van der Waals surface area (Å²) in [6.07, 6.45) is 0. The first-order valence-corrected chi connectivity index (χ1v) is 13.9. The van der Waals surface area contributed by atoms with E-state index in [1.54, 1.807) is 0 Å². The Labute approximate surface area is 238 Å². The second-order valence-corrected chi connectivity index (χ2v) is 10.3. The van der Waals surface area contributed by atoms with Crippen LogP contribution in [-0.2, 0) is 0 Å². The molecule has 3 nitrogen and oxygen atoms in total. The number of fused-ring (bicyclic) bond motifs is 4. The van der Waals surface area contributed by atoms with Crippen LogP contribution < -0.4 is 0 Å². The summed E-state index contributed by atoms with van der Waals surface area (Å²) in [4.78, 5) is 10.1. The lowest BCUT2D eigenvalue weighted by atomic mass is 9.99. The molecule has 0 spiro atoms. The maximum atomic E-state index is 5.06. The van der Waals surface area contributed by atoms with Gasteiger partial charge in [-0.1, -0.05) is 115 Å². The SMILES string of the molecule is c1ccc(-c2nc(-c3ccccc3)c3ccc(-c4ccc5c6ccccc6n(-c6ccccc6)c5c4)cc3n2)cc1. The van der Waals surface area contributed by atoms with Crippen LogP contribution in [0.4, 0.5) is 0 Å². The van der Waals surface area contributed by atoms with E-state index in [1.165, 1.54) is 21.8 Å². The summed E-state index contributed by atoms with van der Waals surface area (Å²) in [6.45, 7) is 0. The number of hydrogen-bond acceptors (Lipinski definition) is 2. The average Bonchev–Trinajstić information content (AvgIpc) is 3.39. The van der Waals surface area contributed by atoms with E-state index < -0.39 is 0 Å². The first-order valence-electron chi connectivity index (χ1n) is 13.9. The average molecular weight is 524 g/mol. The molecule has 0 atom stereocenters. The topological polar surface area (TPSA) is 30.7 Å². The van der Waals surface area contributed by atoms with Crippen LogP contribution >= 0.6 is 0 Å². The normalized spacial score (nSPS) is 11.4. The molecule has 0 saturated heterocycles. The van der Waals surface area contributed by atoms with Gasteiger partial charge in [-0.25, -0.2) is 9.97 Å². The summed E-state index contributed by atoms with van der Waals surface area (Å²) in [5.41, 5.74) is 9.79. The van der Waals surface area contributed by atoms with Gasteiger partial charge < -0.3 is 4.57 Å². The minimum Gasteiger partial charge on any atom is -0.309 e. The number of nitrogens with zero attached hydrogens (tertiary/aromatic N) is 3. The number of para-hydroxylation sites is 2. The van der Waals surface area contributed by atoms with Crippen molar-refractivity contribution < 1.29 is 0 Å². The van der Waals surface area contributed by atoms with Crippen molar-refractivity contribution in [3.05, 3.63) is 152 Å². The summed E-state index contributed by atoms with van der Waals surface area (Å²) >= 11 is 0. The molecule has 6 aromatic carbocycles. The second-order valence-electron chi connectivity index (χ2n) is 10.3. The Morgan fingerprint density at radius 2 is 0.976 bits per heavy atom. The van der Waals surface area contributed by atoms with Crippen LogP contribution in [0.3, 0.4) is 0 Å². The lowest BCUT2D eigenvalue weighted by Gasteiger charge is -2.12. The zero-order chi connectivity index (χ0) is 27.2. The third-order valence-corrected chi connectivity index (χ3v) is 7.80. The van der Waals surface area contributed by atoms with Gasteiger partial charge in [0.15, 0.2) is 5.82 Å². The second kappa shape index (κ2) is 9.58. The molecule has 0 amide bonds. The van der Waals surface area contributed by atoms with E-state index in [2.05, 4.69) is 132 Å². The van der Waals surface area contributed by atoms with Gasteiger partial charge in [-0.15, -0.1) is 0 Å². The molecule has 8 rings (SSSR count). The summed E-state index contributed by atoms with van der Waals surface area (Å²) in [5, 5.41) is 3.54. The van der Waals surface area contributed by atoms with Crippen molar-refractivity contribution >= 4 is 32.7 Å². The van der Waals surface area contributed by atoms with Crippen molar-refractivity contribution in [1.29, 1.82) is 0 Å². The summed E-state index contributed by atoms with van der Waals surface area (Å²) in [6, 6.07) is 53.1. The molecule has 0 aliphatic rings. The van der Waals surface area contributed by atoms with Crippen LogP contribution in [0.5, 0.6) is 0 Å². The molecular formula is C38H25N3. The largest absolute Gasteiger partial charge is 0.309 e. The van der Waals surface area contributed by atoms with E-state index in [1.807, 2.05) is 24.3 Å². The van der Waals surface area contributed by atoms with E-state index in [0.717, 1.165) is 50.4 Å². The third-order valence-electron chi connectivity index (χ3n) is 7.80. The fraction of sp³-hybridized carbons (Fsp3) is 0. The Hall–Kier alpha value is -5.54. The fourth-order valence-electron chi connectivity index (χ4n) is 5.85. The highest BCUT2D eigenvalue weighted by Gasteiger charge is 2.15. The number of aromatic nitrogens is 3. The summed E-state index contributed by atoms with van der Waals surface area (Å²) < 4.78 is 2.36. The van der Waals surface area contributed by atoms with Crippen molar-refractivity contribution in [2.45, 2.75) is 0 Å². The van der Waals surface area contributed by atoms with Crippen molar-refractivity contribution in [2.75, 3.05) is 0 Å². The Kier molecular flexibility index (Phi) is 5.46. The van der Waals surface area contributed by atoms with Crippen LogP contribution in [0, 0.1) is 0 Å². The first kappa shape index (κ1) is 23.4. The van der Waals surface area contributed by atoms with Gasteiger partial charge in [-0.05, 0) is 47.5 Å². The fourth-order valence-corrected chi connectivity index (χ4v) is 5.85. The zero-order valence-electron chi connectivity index (χ0n) is 22.3. The van der Waals surface area contributed by atoms with Crippen LogP contribution in [0.1, 0.15) is 0 Å². The Morgan fingerprint density at radius 3 is 1.73 bits per heavy atom. The van der Waals surface area contributed by atoms with Gasteiger partial charge in [-0.2, -0.15) is 0 Å². The maximum absolute atomic E-state index is 5.06. The van der Waals surface area contributed by atoms with Gasteiger partial charge in [0.05, 0.1) is 22.2 Å². The summed E-state index contributed by atoms with van der Waals surface area (Å²) in [7, 11) is 0. The Morgan fingerprint density at radius 1 is 0.390 bits per heavy atom. The van der Waals surface area contributed by atoms with Crippen molar-refractivity contribution in [2.24, 2.45) is 0 Å². The number of rotatable bonds is 4. The van der Waals surface area contributed by atoms with Crippen molar-refractivity contribution in [3.8, 4) is 39.5 Å². The minimum absolute atomic E-state index is 0.730. The smallest absolute Gasteiger partial charge is 0.160 e. The van der Waals surface area contributed by atoms with E-state index in [4.69, 9.17) is 9.97 Å². The monoisotopic (exact) mass is 523 g/mol. The van der Waals surface area contributed by atoms with E-state index in [0.29, 0.717) is 0 Å². The third kappa shape index (κ3) is 3.98. The molecule has 2 aromatic heterocycles. The van der Waals surface area contributed by atoms with Crippen LogP contribution in [-0.4, -0.2) is 14.5 Å². The van der Waals surface area contributed by atoms with Crippen LogP contribution in [0.2, 0.25) is 0 Å². The molecule has 192 valence electrons. The Balaban J connectivity index is 1.35. The quantitative estimate of drug-likeness (QED) is 0.230. The molecule has 3 heteroatoms. The number of hydrogen-bond donors (Lipinski definition) is 0. The van der Waals surface area contributed by atoms with Gasteiger partial charge in [0.25, 0.3) is 0 Å². The van der Waals surface area contributed by atoms with Crippen molar-refractivity contribution in [1.82, 2.24) is 14.5 Å². The molecule has 0 radical (unpaired) electrons. The van der Waals surface area contributed by atoms with E-state index in [9.17, 15) is 0 Å². The molecule has 0 fully saturated rings. The molecule has 0 saturated carbocycles. The molecule has 2 heterocycles. The van der Waals surface area contributed by atoms with Crippen LogP contribution in [0.25, 0.3) is 72.2 Å². The molecule has 0 N–H and O–H groups in total. The van der Waals surface area contributed by atoms with Gasteiger partial charge >= 0.3 is 0 Å². The highest BCUT2D eigenvalue weighted by atomic mass is 15.0. The predicted molar refractivity (Wildman–Crippen MR) is 170 cm³/mol.